The van der Waals surface area contributed by atoms with E-state index in [1.165, 1.54) is 0 Å². The molecular formula is C20H24F3N5O. The molecule has 0 radical (unpaired) electrons. The number of hydrogen-bond acceptors (Lipinski definition) is 6. The third kappa shape index (κ3) is 4.60. The van der Waals surface area contributed by atoms with Crippen LogP contribution < -0.4 is 10.2 Å². The monoisotopic (exact) mass is 407 g/mol. The van der Waals surface area contributed by atoms with Crippen LogP contribution in [0.15, 0.2) is 24.4 Å². The Balaban J connectivity index is 1.66. The minimum Gasteiger partial charge on any atom is -0.381 e. The fourth-order valence-electron chi connectivity index (χ4n) is 3.88. The van der Waals surface area contributed by atoms with Gasteiger partial charge < -0.3 is 15.0 Å². The van der Waals surface area contributed by atoms with Gasteiger partial charge in [0.05, 0.1) is 11.3 Å². The standard InChI is InChI=1S/C20H24F3N5O/c1-13-3-2-8-28(13)19-25-16(14-5-9-29-10-6-14)12-18(27-19)26-17-11-15(4-7-24-17)20(21,22)23/h4,7,11-14H,2-3,5-6,8-10H2,1H3,(H,24,25,26,27)/t13-/m1/s1. The second kappa shape index (κ2) is 8.14. The summed E-state index contributed by atoms with van der Waals surface area (Å²) < 4.78 is 44.5. The molecule has 0 unspecified atom stereocenters. The second-order valence-electron chi connectivity index (χ2n) is 7.60. The highest BCUT2D eigenvalue weighted by Gasteiger charge is 2.31. The van der Waals surface area contributed by atoms with Crippen molar-refractivity contribution >= 4 is 17.6 Å². The summed E-state index contributed by atoms with van der Waals surface area (Å²) in [7, 11) is 0. The van der Waals surface area contributed by atoms with Crippen molar-refractivity contribution in [2.24, 2.45) is 0 Å². The van der Waals surface area contributed by atoms with E-state index in [2.05, 4.69) is 27.1 Å². The summed E-state index contributed by atoms with van der Waals surface area (Å²) in [4.78, 5) is 15.6. The molecule has 0 saturated carbocycles. The second-order valence-corrected chi connectivity index (χ2v) is 7.60. The van der Waals surface area contributed by atoms with Gasteiger partial charge in [-0.3, -0.25) is 0 Å². The number of rotatable bonds is 4. The first-order chi connectivity index (χ1) is 13.9. The number of ether oxygens (including phenoxy) is 1. The molecular weight excluding hydrogens is 383 g/mol. The molecule has 2 aliphatic heterocycles. The lowest BCUT2D eigenvalue weighted by Crippen LogP contribution is -2.29. The van der Waals surface area contributed by atoms with Gasteiger partial charge in [0.15, 0.2) is 0 Å². The number of alkyl halides is 3. The summed E-state index contributed by atoms with van der Waals surface area (Å²) in [5.41, 5.74) is 0.147. The summed E-state index contributed by atoms with van der Waals surface area (Å²) in [5.74, 6) is 1.44. The Labute approximate surface area is 167 Å². The molecule has 9 heteroatoms. The van der Waals surface area contributed by atoms with Gasteiger partial charge in [-0.15, -0.1) is 0 Å². The summed E-state index contributed by atoms with van der Waals surface area (Å²) in [6.45, 7) is 4.38. The Morgan fingerprint density at radius 3 is 2.59 bits per heavy atom. The van der Waals surface area contributed by atoms with E-state index in [4.69, 9.17) is 9.72 Å². The molecule has 2 aromatic rings. The third-order valence-corrected chi connectivity index (χ3v) is 5.53. The molecule has 0 bridgehead atoms. The van der Waals surface area contributed by atoms with Crippen molar-refractivity contribution in [1.29, 1.82) is 0 Å². The molecule has 4 rings (SSSR count). The van der Waals surface area contributed by atoms with E-state index >= 15 is 0 Å². The van der Waals surface area contributed by atoms with E-state index in [9.17, 15) is 13.2 Å². The zero-order valence-electron chi connectivity index (χ0n) is 16.2. The van der Waals surface area contributed by atoms with Crippen LogP contribution in [0.25, 0.3) is 0 Å². The Morgan fingerprint density at radius 2 is 1.90 bits per heavy atom. The van der Waals surface area contributed by atoms with Crippen LogP contribution in [0, 0.1) is 0 Å². The predicted octanol–water partition coefficient (Wildman–Crippen LogP) is 4.52. The first-order valence-corrected chi connectivity index (χ1v) is 9.94. The topological polar surface area (TPSA) is 63.2 Å². The molecule has 0 amide bonds. The molecule has 0 aromatic carbocycles. The summed E-state index contributed by atoms with van der Waals surface area (Å²) in [6.07, 6.45) is 0.608. The van der Waals surface area contributed by atoms with Crippen molar-refractivity contribution in [3.63, 3.8) is 0 Å². The molecule has 6 nitrogen and oxygen atoms in total. The highest BCUT2D eigenvalue weighted by Crippen LogP contribution is 2.33. The van der Waals surface area contributed by atoms with Gasteiger partial charge in [0, 0.05) is 44.0 Å². The number of halogens is 3. The van der Waals surface area contributed by atoms with Crippen molar-refractivity contribution in [2.75, 3.05) is 30.0 Å². The third-order valence-electron chi connectivity index (χ3n) is 5.53. The van der Waals surface area contributed by atoms with E-state index in [1.807, 2.05) is 6.07 Å². The van der Waals surface area contributed by atoms with Gasteiger partial charge in [0.2, 0.25) is 5.95 Å². The zero-order chi connectivity index (χ0) is 20.4. The Morgan fingerprint density at radius 1 is 1.10 bits per heavy atom. The van der Waals surface area contributed by atoms with Crippen molar-refractivity contribution in [2.45, 2.75) is 50.7 Å². The lowest BCUT2D eigenvalue weighted by molar-refractivity contribution is -0.137. The van der Waals surface area contributed by atoms with Crippen LogP contribution in [-0.4, -0.2) is 40.8 Å². The van der Waals surface area contributed by atoms with Gasteiger partial charge in [-0.05, 0) is 44.7 Å². The maximum Gasteiger partial charge on any atom is 0.416 e. The van der Waals surface area contributed by atoms with Crippen LogP contribution in [0.1, 0.15) is 49.8 Å². The van der Waals surface area contributed by atoms with Gasteiger partial charge in [-0.1, -0.05) is 0 Å². The molecule has 0 spiro atoms. The molecule has 0 aliphatic carbocycles. The predicted molar refractivity (Wildman–Crippen MR) is 103 cm³/mol. The minimum absolute atomic E-state index is 0.108. The largest absolute Gasteiger partial charge is 0.416 e. The molecule has 29 heavy (non-hydrogen) atoms. The van der Waals surface area contributed by atoms with Gasteiger partial charge >= 0.3 is 6.18 Å². The van der Waals surface area contributed by atoms with Crippen LogP contribution in [-0.2, 0) is 10.9 Å². The van der Waals surface area contributed by atoms with Crippen LogP contribution >= 0.6 is 0 Å². The summed E-state index contributed by atoms with van der Waals surface area (Å²) in [6, 6.07) is 4.10. The van der Waals surface area contributed by atoms with Crippen molar-refractivity contribution in [1.82, 2.24) is 15.0 Å². The highest BCUT2D eigenvalue weighted by atomic mass is 19.4. The molecule has 2 saturated heterocycles. The van der Waals surface area contributed by atoms with Crippen molar-refractivity contribution in [3.8, 4) is 0 Å². The molecule has 156 valence electrons. The number of aromatic nitrogens is 3. The van der Waals surface area contributed by atoms with Gasteiger partial charge in [0.25, 0.3) is 0 Å². The maximum absolute atomic E-state index is 13.0. The molecule has 1 N–H and O–H groups in total. The summed E-state index contributed by atoms with van der Waals surface area (Å²) >= 11 is 0. The van der Waals surface area contributed by atoms with Gasteiger partial charge in [-0.25, -0.2) is 9.97 Å². The zero-order valence-corrected chi connectivity index (χ0v) is 16.2. The van der Waals surface area contributed by atoms with Crippen molar-refractivity contribution in [3.05, 3.63) is 35.7 Å². The molecule has 2 aliphatic rings. The fourth-order valence-corrected chi connectivity index (χ4v) is 3.88. The highest BCUT2D eigenvalue weighted by molar-refractivity contribution is 5.55. The van der Waals surface area contributed by atoms with Crippen molar-refractivity contribution < 1.29 is 17.9 Å². The number of pyridine rings is 1. The Kier molecular flexibility index (Phi) is 5.58. The average Bonchev–Trinajstić information content (AvgIpc) is 3.14. The SMILES string of the molecule is C[C@@H]1CCCN1c1nc(Nc2cc(C(F)(F)F)ccn2)cc(C2CCOCC2)n1. The van der Waals surface area contributed by atoms with E-state index in [1.54, 1.807) is 0 Å². The number of nitrogens with one attached hydrogen (secondary N) is 1. The lowest BCUT2D eigenvalue weighted by Gasteiger charge is -2.26. The minimum atomic E-state index is -4.42. The van der Waals surface area contributed by atoms with Crippen LogP contribution in [0.5, 0.6) is 0 Å². The first kappa shape index (κ1) is 19.9. The normalized spacial score (nSPS) is 20.8. The van der Waals surface area contributed by atoms with Crippen LogP contribution in [0.4, 0.5) is 30.8 Å². The van der Waals surface area contributed by atoms with E-state index in [-0.39, 0.29) is 11.7 Å². The molecule has 1 atom stereocenters. The number of hydrogen-bond donors (Lipinski definition) is 1. The van der Waals surface area contributed by atoms with E-state index < -0.39 is 11.7 Å². The number of nitrogens with zero attached hydrogens (tertiary/aromatic N) is 4. The molecule has 4 heterocycles. The van der Waals surface area contributed by atoms with E-state index in [0.29, 0.717) is 31.0 Å². The maximum atomic E-state index is 13.0. The summed E-state index contributed by atoms with van der Waals surface area (Å²) in [5, 5.41) is 2.95. The number of anilines is 3. The quantitative estimate of drug-likeness (QED) is 0.804. The van der Waals surface area contributed by atoms with Gasteiger partial charge in [0.1, 0.15) is 11.6 Å². The molecule has 2 aromatic heterocycles. The van der Waals surface area contributed by atoms with Gasteiger partial charge in [-0.2, -0.15) is 18.2 Å². The molecule has 2 fully saturated rings. The smallest absolute Gasteiger partial charge is 0.381 e. The van der Waals surface area contributed by atoms with E-state index in [0.717, 1.165) is 56.3 Å². The Bertz CT molecular complexity index is 854. The van der Waals surface area contributed by atoms with Crippen LogP contribution in [0.2, 0.25) is 0 Å². The average molecular weight is 407 g/mol. The first-order valence-electron chi connectivity index (χ1n) is 9.94. The fraction of sp³-hybridized carbons (Fsp3) is 0.550. The van der Waals surface area contributed by atoms with Crippen LogP contribution in [0.3, 0.4) is 0 Å². The Hall–Kier alpha value is -2.42. The lowest BCUT2D eigenvalue weighted by atomic mass is 9.96.